The van der Waals surface area contributed by atoms with Crippen LogP contribution in [0.5, 0.6) is 0 Å². The summed E-state index contributed by atoms with van der Waals surface area (Å²) >= 11 is 0. The second kappa shape index (κ2) is 7.34. The van der Waals surface area contributed by atoms with Crippen molar-refractivity contribution in [2.45, 2.75) is 38.1 Å². The molecule has 0 bridgehead atoms. The molecular formula is C19H20N2O4. The molecule has 0 saturated carbocycles. The van der Waals surface area contributed by atoms with E-state index in [1.165, 1.54) is 0 Å². The number of aryl methyl sites for hydroxylation is 2. The summed E-state index contributed by atoms with van der Waals surface area (Å²) in [5.41, 5.74) is 1.79. The molecule has 1 atom stereocenters. The maximum Gasteiger partial charge on any atom is 0.330 e. The van der Waals surface area contributed by atoms with E-state index in [4.69, 9.17) is 0 Å². The Balaban J connectivity index is 1.89. The standard InChI is InChI=1S/C19H20N2O4/c22-17-14(11-13-9-5-2-6-10-15(13)20-17)18(23)21-16(19(24)25)12-7-3-1-4-8-12/h1,3-4,7-8,11,16H,2,5-6,9-10H2,(H,20,22)(H,21,23)(H,24,25)/t16-/m0/s1. The highest BCUT2D eigenvalue weighted by Crippen LogP contribution is 2.19. The molecule has 1 amide bonds. The van der Waals surface area contributed by atoms with Gasteiger partial charge in [0.05, 0.1) is 0 Å². The number of benzene rings is 1. The van der Waals surface area contributed by atoms with Crippen LogP contribution in [0.4, 0.5) is 0 Å². The molecule has 6 nitrogen and oxygen atoms in total. The maximum atomic E-state index is 12.5. The molecule has 1 aliphatic carbocycles. The summed E-state index contributed by atoms with van der Waals surface area (Å²) < 4.78 is 0. The SMILES string of the molecule is O=C(N[C@H](C(=O)O)c1ccccc1)c1cc2c([nH]c1=O)CCCCC2. The van der Waals surface area contributed by atoms with Crippen molar-refractivity contribution < 1.29 is 14.7 Å². The summed E-state index contributed by atoms with van der Waals surface area (Å²) in [6.07, 6.45) is 4.74. The van der Waals surface area contributed by atoms with Gasteiger partial charge in [0, 0.05) is 5.69 Å². The highest BCUT2D eigenvalue weighted by Gasteiger charge is 2.24. The molecule has 0 unspecified atom stereocenters. The van der Waals surface area contributed by atoms with Crippen LogP contribution in [0.25, 0.3) is 0 Å². The lowest BCUT2D eigenvalue weighted by molar-refractivity contribution is -0.139. The van der Waals surface area contributed by atoms with E-state index in [1.54, 1.807) is 36.4 Å². The molecule has 1 aliphatic rings. The van der Waals surface area contributed by atoms with Gasteiger partial charge in [-0.1, -0.05) is 36.8 Å². The zero-order valence-electron chi connectivity index (χ0n) is 13.7. The van der Waals surface area contributed by atoms with Crippen molar-refractivity contribution in [3.8, 4) is 0 Å². The van der Waals surface area contributed by atoms with E-state index in [2.05, 4.69) is 10.3 Å². The fraction of sp³-hybridized carbons (Fsp3) is 0.316. The van der Waals surface area contributed by atoms with E-state index in [1.807, 2.05) is 0 Å². The van der Waals surface area contributed by atoms with Gasteiger partial charge in [-0.3, -0.25) is 9.59 Å². The third-order valence-electron chi connectivity index (χ3n) is 4.49. The molecule has 1 aromatic heterocycles. The minimum Gasteiger partial charge on any atom is -0.479 e. The van der Waals surface area contributed by atoms with E-state index in [9.17, 15) is 19.5 Å². The number of carbonyl (C=O) groups is 2. The number of carbonyl (C=O) groups excluding carboxylic acids is 1. The van der Waals surface area contributed by atoms with Gasteiger partial charge in [-0.2, -0.15) is 0 Å². The third-order valence-corrected chi connectivity index (χ3v) is 4.49. The topological polar surface area (TPSA) is 99.3 Å². The fourth-order valence-corrected chi connectivity index (χ4v) is 3.16. The Morgan fingerprint density at radius 1 is 1.08 bits per heavy atom. The Hall–Kier alpha value is -2.89. The average molecular weight is 340 g/mol. The maximum absolute atomic E-state index is 12.5. The zero-order chi connectivity index (χ0) is 17.8. The Kier molecular flexibility index (Phi) is 4.97. The number of amides is 1. The average Bonchev–Trinajstić information content (AvgIpc) is 2.84. The van der Waals surface area contributed by atoms with E-state index >= 15 is 0 Å². The van der Waals surface area contributed by atoms with Crippen LogP contribution in [0.15, 0.2) is 41.2 Å². The number of hydrogen-bond donors (Lipinski definition) is 3. The molecule has 0 fully saturated rings. The van der Waals surface area contributed by atoms with Gasteiger partial charge >= 0.3 is 5.97 Å². The molecule has 0 radical (unpaired) electrons. The minimum atomic E-state index is -1.20. The van der Waals surface area contributed by atoms with Crippen molar-refractivity contribution in [2.24, 2.45) is 0 Å². The van der Waals surface area contributed by atoms with Crippen LogP contribution in [0.1, 0.15) is 52.5 Å². The van der Waals surface area contributed by atoms with Gasteiger partial charge in [0.2, 0.25) is 0 Å². The van der Waals surface area contributed by atoms with Gasteiger partial charge in [-0.15, -0.1) is 0 Å². The molecule has 25 heavy (non-hydrogen) atoms. The molecule has 3 rings (SSSR count). The quantitative estimate of drug-likeness (QED) is 0.743. The van der Waals surface area contributed by atoms with Crippen LogP contribution < -0.4 is 10.9 Å². The van der Waals surface area contributed by atoms with Crippen LogP contribution in [-0.4, -0.2) is 22.0 Å². The minimum absolute atomic E-state index is 0.0390. The lowest BCUT2D eigenvalue weighted by Gasteiger charge is -2.15. The number of aromatic amines is 1. The summed E-state index contributed by atoms with van der Waals surface area (Å²) in [5, 5.41) is 11.9. The van der Waals surface area contributed by atoms with Gasteiger partial charge in [0.1, 0.15) is 5.56 Å². The number of H-pyrrole nitrogens is 1. The zero-order valence-corrected chi connectivity index (χ0v) is 13.7. The number of carboxylic acid groups (broad SMARTS) is 1. The number of pyridine rings is 1. The Labute approximate surface area is 144 Å². The number of hydrogen-bond acceptors (Lipinski definition) is 3. The fourth-order valence-electron chi connectivity index (χ4n) is 3.16. The molecule has 0 aliphatic heterocycles. The first-order valence-electron chi connectivity index (χ1n) is 8.40. The number of fused-ring (bicyclic) bond motifs is 1. The monoisotopic (exact) mass is 340 g/mol. The highest BCUT2D eigenvalue weighted by atomic mass is 16.4. The Morgan fingerprint density at radius 3 is 2.52 bits per heavy atom. The summed E-state index contributed by atoms with van der Waals surface area (Å²) in [6.45, 7) is 0. The summed E-state index contributed by atoms with van der Waals surface area (Å²) in [6, 6.07) is 8.83. The van der Waals surface area contributed by atoms with Gasteiger partial charge in [0.25, 0.3) is 11.5 Å². The van der Waals surface area contributed by atoms with Crippen LogP contribution in [-0.2, 0) is 17.6 Å². The summed E-state index contributed by atoms with van der Waals surface area (Å²) in [7, 11) is 0. The third kappa shape index (κ3) is 3.79. The number of aliphatic carboxylic acids is 1. The lowest BCUT2D eigenvalue weighted by Crippen LogP contribution is -2.37. The first kappa shape index (κ1) is 17.0. The molecule has 130 valence electrons. The van der Waals surface area contributed by atoms with Crippen molar-refractivity contribution in [1.82, 2.24) is 10.3 Å². The van der Waals surface area contributed by atoms with Gasteiger partial charge in [-0.05, 0) is 42.9 Å². The Morgan fingerprint density at radius 2 is 1.80 bits per heavy atom. The van der Waals surface area contributed by atoms with Gasteiger partial charge in [-0.25, -0.2) is 4.79 Å². The van der Waals surface area contributed by atoms with Gasteiger partial charge in [0.15, 0.2) is 6.04 Å². The summed E-state index contributed by atoms with van der Waals surface area (Å²) in [4.78, 5) is 39.1. The second-order valence-corrected chi connectivity index (χ2v) is 6.23. The number of carboxylic acids is 1. The van der Waals surface area contributed by atoms with Crippen LogP contribution in [0.3, 0.4) is 0 Å². The smallest absolute Gasteiger partial charge is 0.330 e. The van der Waals surface area contributed by atoms with E-state index in [0.29, 0.717) is 5.56 Å². The predicted molar refractivity (Wildman–Crippen MR) is 92.6 cm³/mol. The number of aromatic nitrogens is 1. The van der Waals surface area contributed by atoms with Crippen molar-refractivity contribution in [3.63, 3.8) is 0 Å². The van der Waals surface area contributed by atoms with E-state index in [0.717, 1.165) is 43.4 Å². The molecule has 6 heteroatoms. The van der Waals surface area contributed by atoms with Crippen LogP contribution >= 0.6 is 0 Å². The molecule has 1 heterocycles. The number of nitrogens with one attached hydrogen (secondary N) is 2. The molecule has 0 saturated heterocycles. The molecule has 0 spiro atoms. The predicted octanol–water partition coefficient (Wildman–Crippen LogP) is 2.20. The second-order valence-electron chi connectivity index (χ2n) is 6.23. The molecule has 2 aromatic rings. The van der Waals surface area contributed by atoms with E-state index in [-0.39, 0.29) is 5.56 Å². The largest absolute Gasteiger partial charge is 0.479 e. The lowest BCUT2D eigenvalue weighted by atomic mass is 10.0. The highest BCUT2D eigenvalue weighted by molar-refractivity contribution is 5.96. The van der Waals surface area contributed by atoms with Crippen molar-refractivity contribution in [2.75, 3.05) is 0 Å². The van der Waals surface area contributed by atoms with Crippen molar-refractivity contribution in [1.29, 1.82) is 0 Å². The molecular weight excluding hydrogens is 320 g/mol. The molecule has 3 N–H and O–H groups in total. The van der Waals surface area contributed by atoms with Crippen LogP contribution in [0, 0.1) is 0 Å². The Bertz CT molecular complexity index is 842. The first-order chi connectivity index (χ1) is 12.1. The molecule has 1 aromatic carbocycles. The summed E-state index contributed by atoms with van der Waals surface area (Å²) in [5.74, 6) is -1.85. The van der Waals surface area contributed by atoms with E-state index < -0.39 is 23.5 Å². The first-order valence-corrected chi connectivity index (χ1v) is 8.40. The van der Waals surface area contributed by atoms with Crippen molar-refractivity contribution in [3.05, 3.63) is 69.1 Å². The van der Waals surface area contributed by atoms with Crippen molar-refractivity contribution >= 4 is 11.9 Å². The van der Waals surface area contributed by atoms with Gasteiger partial charge < -0.3 is 15.4 Å². The number of rotatable bonds is 4. The normalized spacial score (nSPS) is 14.9. The van der Waals surface area contributed by atoms with Crippen LogP contribution in [0.2, 0.25) is 0 Å².